The predicted octanol–water partition coefficient (Wildman–Crippen LogP) is 3.82. The van der Waals surface area contributed by atoms with Crippen molar-refractivity contribution in [1.29, 1.82) is 5.26 Å². The predicted molar refractivity (Wildman–Crippen MR) is 121 cm³/mol. The lowest BCUT2D eigenvalue weighted by Gasteiger charge is -2.34. The van der Waals surface area contributed by atoms with Gasteiger partial charge >= 0.3 is 6.18 Å². The number of aryl methyl sites for hydroxylation is 2. The minimum Gasteiger partial charge on any atom is -0.310 e. The third-order valence-electron chi connectivity index (χ3n) is 7.30. The van der Waals surface area contributed by atoms with Gasteiger partial charge in [0.05, 0.1) is 11.7 Å². The smallest absolute Gasteiger partial charge is 0.310 e. The molecule has 0 aromatic carbocycles. The van der Waals surface area contributed by atoms with Crippen LogP contribution < -0.4 is 5.56 Å². The van der Waals surface area contributed by atoms with E-state index >= 15 is 0 Å². The van der Waals surface area contributed by atoms with Crippen molar-refractivity contribution in [3.63, 3.8) is 0 Å². The zero-order valence-electron chi connectivity index (χ0n) is 19.2. The van der Waals surface area contributed by atoms with Crippen LogP contribution in [0.15, 0.2) is 29.2 Å². The molecule has 0 unspecified atom stereocenters. The van der Waals surface area contributed by atoms with Crippen LogP contribution in [-0.4, -0.2) is 34.5 Å². The molecule has 1 fully saturated rings. The molecule has 184 valence electrons. The van der Waals surface area contributed by atoms with Crippen LogP contribution in [-0.2, 0) is 19.1 Å². The van der Waals surface area contributed by atoms with Gasteiger partial charge in [0.25, 0.3) is 5.56 Å². The van der Waals surface area contributed by atoms with Gasteiger partial charge in [-0.05, 0) is 50.3 Å². The summed E-state index contributed by atoms with van der Waals surface area (Å²) in [7, 11) is 0. The van der Waals surface area contributed by atoms with Crippen LogP contribution in [0.4, 0.5) is 13.2 Å². The Morgan fingerprint density at radius 2 is 2.03 bits per heavy atom. The summed E-state index contributed by atoms with van der Waals surface area (Å²) in [5.41, 5.74) is 1.33. The number of alkyl halides is 3. The average Bonchev–Trinajstić information content (AvgIpc) is 3.51. The Morgan fingerprint density at radius 1 is 1.22 bits per heavy atom. The zero-order chi connectivity index (χ0) is 25.2. The summed E-state index contributed by atoms with van der Waals surface area (Å²) in [4.78, 5) is 24.2. The summed E-state index contributed by atoms with van der Waals surface area (Å²) >= 11 is 0. The Bertz CT molecular complexity index is 1550. The van der Waals surface area contributed by atoms with Crippen LogP contribution >= 0.6 is 0 Å². The van der Waals surface area contributed by atoms with Gasteiger partial charge in [-0.2, -0.15) is 28.6 Å². The number of rotatable bonds is 4. The quantitative estimate of drug-likeness (QED) is 0.461. The van der Waals surface area contributed by atoms with E-state index in [2.05, 4.69) is 21.1 Å². The van der Waals surface area contributed by atoms with E-state index in [1.807, 2.05) is 10.8 Å². The molecule has 12 heteroatoms. The topological polar surface area (TPSA) is 118 Å². The lowest BCUT2D eigenvalue weighted by molar-refractivity contribution is -0.141. The number of hydrogen-bond acceptors (Lipinski definition) is 6. The summed E-state index contributed by atoms with van der Waals surface area (Å²) in [6.45, 7) is 2.62. The van der Waals surface area contributed by atoms with E-state index in [4.69, 9.17) is 10.1 Å². The van der Waals surface area contributed by atoms with E-state index < -0.39 is 23.5 Å². The van der Waals surface area contributed by atoms with Crippen molar-refractivity contribution >= 4 is 11.0 Å². The molecule has 1 N–H and O–H groups in total. The Labute approximate surface area is 202 Å². The summed E-state index contributed by atoms with van der Waals surface area (Å²) < 4.78 is 42.3. The van der Waals surface area contributed by atoms with Gasteiger partial charge in [0.15, 0.2) is 11.3 Å². The highest BCUT2D eigenvalue weighted by atomic mass is 19.4. The highest BCUT2D eigenvalue weighted by Gasteiger charge is 2.38. The number of pyridine rings is 1. The number of H-pyrrole nitrogens is 1. The molecule has 36 heavy (non-hydrogen) atoms. The molecule has 1 saturated carbocycles. The standard InChI is InChI=1S/C24H21F3N8O/c1-12(13-4-7-19(29-11-13)24(25,26)27)35-22-20(18(10-28)33-35)23(36)31-21(30-22)16-6-5-15(16)17-9-14-3-2-8-34(14)32-17/h4,7,9,11-12,15-16H,2-3,5-6,8H2,1H3,(H,30,31,36)/t12-,15+,16+/m1/s1. The van der Waals surface area contributed by atoms with Gasteiger partial charge in [-0.25, -0.2) is 9.67 Å². The van der Waals surface area contributed by atoms with Gasteiger partial charge in [-0.15, -0.1) is 0 Å². The van der Waals surface area contributed by atoms with Crippen molar-refractivity contribution in [2.24, 2.45) is 0 Å². The zero-order valence-corrected chi connectivity index (χ0v) is 19.2. The van der Waals surface area contributed by atoms with Crippen molar-refractivity contribution in [2.75, 3.05) is 0 Å². The minimum atomic E-state index is -4.55. The Morgan fingerprint density at radius 3 is 2.67 bits per heavy atom. The number of aromatic amines is 1. The monoisotopic (exact) mass is 494 g/mol. The highest BCUT2D eigenvalue weighted by molar-refractivity contribution is 5.80. The number of aromatic nitrogens is 7. The fraction of sp³-hybridized carbons (Fsp3) is 0.417. The first-order valence-corrected chi connectivity index (χ1v) is 11.8. The number of fused-ring (bicyclic) bond motifs is 2. The first-order valence-electron chi connectivity index (χ1n) is 11.8. The third-order valence-corrected chi connectivity index (χ3v) is 7.30. The van der Waals surface area contributed by atoms with E-state index in [-0.39, 0.29) is 28.6 Å². The molecule has 0 saturated heterocycles. The van der Waals surface area contributed by atoms with Crippen LogP contribution in [0, 0.1) is 11.3 Å². The molecule has 3 atom stereocenters. The van der Waals surface area contributed by atoms with Crippen molar-refractivity contribution in [3.8, 4) is 6.07 Å². The molecule has 0 amide bonds. The second-order valence-corrected chi connectivity index (χ2v) is 9.38. The molecular weight excluding hydrogens is 473 g/mol. The fourth-order valence-corrected chi connectivity index (χ4v) is 5.19. The van der Waals surface area contributed by atoms with Crippen LogP contribution in [0.3, 0.4) is 0 Å². The SMILES string of the molecule is C[C@H](c1ccc(C(F)(F)F)nc1)n1nc(C#N)c2c(=O)[nH]c([C@H]3CC[C@@H]3c3cc4n(n3)CCC4)nc21. The molecule has 2 aliphatic rings. The van der Waals surface area contributed by atoms with Gasteiger partial charge in [-0.3, -0.25) is 14.5 Å². The fourth-order valence-electron chi connectivity index (χ4n) is 5.19. The van der Waals surface area contributed by atoms with Crippen molar-refractivity contribution in [2.45, 2.75) is 63.2 Å². The number of hydrogen-bond donors (Lipinski definition) is 1. The highest BCUT2D eigenvalue weighted by Crippen LogP contribution is 2.48. The van der Waals surface area contributed by atoms with Gasteiger partial charge in [0.1, 0.15) is 23.0 Å². The van der Waals surface area contributed by atoms with Crippen molar-refractivity contribution < 1.29 is 13.2 Å². The van der Waals surface area contributed by atoms with Gasteiger partial charge in [0, 0.05) is 30.3 Å². The van der Waals surface area contributed by atoms with E-state index in [9.17, 15) is 23.2 Å². The summed E-state index contributed by atoms with van der Waals surface area (Å²) in [5, 5.41) is 18.7. The number of halogens is 3. The molecule has 0 bridgehead atoms. The molecular formula is C24H21F3N8O. The molecule has 1 aliphatic carbocycles. The van der Waals surface area contributed by atoms with E-state index in [1.165, 1.54) is 16.4 Å². The van der Waals surface area contributed by atoms with Crippen LogP contribution in [0.5, 0.6) is 0 Å². The maximum Gasteiger partial charge on any atom is 0.433 e. The molecule has 5 heterocycles. The van der Waals surface area contributed by atoms with Gasteiger partial charge in [0.2, 0.25) is 0 Å². The van der Waals surface area contributed by atoms with Crippen LogP contribution in [0.1, 0.15) is 78.2 Å². The van der Waals surface area contributed by atoms with Crippen molar-refractivity contribution in [1.82, 2.24) is 34.5 Å². The number of nitrogens with zero attached hydrogens (tertiary/aromatic N) is 7. The number of nitrogens with one attached hydrogen (secondary N) is 1. The van der Waals surface area contributed by atoms with Gasteiger partial charge in [-0.1, -0.05) is 6.07 Å². The van der Waals surface area contributed by atoms with Crippen molar-refractivity contribution in [3.05, 3.63) is 68.9 Å². The summed E-state index contributed by atoms with van der Waals surface area (Å²) in [5.74, 6) is 0.599. The second kappa shape index (κ2) is 8.01. The lowest BCUT2D eigenvalue weighted by atomic mass is 9.71. The van der Waals surface area contributed by atoms with E-state index in [0.29, 0.717) is 11.4 Å². The summed E-state index contributed by atoms with van der Waals surface area (Å²) in [6, 6.07) is 5.67. The molecule has 1 aliphatic heterocycles. The summed E-state index contributed by atoms with van der Waals surface area (Å²) in [6.07, 6.45) is 0.448. The molecule has 9 nitrogen and oxygen atoms in total. The molecule has 0 spiro atoms. The van der Waals surface area contributed by atoms with E-state index in [1.54, 1.807) is 6.92 Å². The largest absolute Gasteiger partial charge is 0.433 e. The first-order chi connectivity index (χ1) is 17.2. The first kappa shape index (κ1) is 22.5. The van der Waals surface area contributed by atoms with Crippen LogP contribution in [0.2, 0.25) is 0 Å². The lowest BCUT2D eigenvalue weighted by Crippen LogP contribution is -2.27. The Hall–Kier alpha value is -4.01. The minimum absolute atomic E-state index is 0.0327. The van der Waals surface area contributed by atoms with Gasteiger partial charge < -0.3 is 4.98 Å². The normalized spacial score (nSPS) is 20.2. The molecule has 6 rings (SSSR count). The average molecular weight is 494 g/mol. The number of nitriles is 1. The Kier molecular flexibility index (Phi) is 5.00. The van der Waals surface area contributed by atoms with Crippen LogP contribution in [0.25, 0.3) is 11.0 Å². The molecule has 4 aromatic heterocycles. The Balaban J connectivity index is 1.39. The van der Waals surface area contributed by atoms with E-state index in [0.717, 1.165) is 50.2 Å². The third kappa shape index (κ3) is 3.49. The second-order valence-electron chi connectivity index (χ2n) is 9.38. The maximum atomic E-state index is 13.1. The molecule has 0 radical (unpaired) electrons. The maximum absolute atomic E-state index is 13.1. The molecule has 4 aromatic rings.